The van der Waals surface area contributed by atoms with E-state index in [1.165, 1.54) is 38.5 Å². The van der Waals surface area contributed by atoms with Crippen molar-refractivity contribution < 1.29 is 8.78 Å². The van der Waals surface area contributed by atoms with E-state index >= 15 is 0 Å². The molecule has 0 heterocycles. The van der Waals surface area contributed by atoms with E-state index < -0.39 is 12.5 Å². The second kappa shape index (κ2) is 11.3. The molecule has 0 spiro atoms. The topological polar surface area (TPSA) is 12.0 Å². The summed E-state index contributed by atoms with van der Waals surface area (Å²) in [7, 11) is 1.61. The molecule has 98 valence electrons. The lowest BCUT2D eigenvalue weighted by Gasteiger charge is -2.14. The van der Waals surface area contributed by atoms with Gasteiger partial charge >= 0.3 is 0 Å². The minimum atomic E-state index is -2.23. The van der Waals surface area contributed by atoms with Crippen LogP contribution < -0.4 is 5.32 Å². The molecule has 0 aliphatic rings. The van der Waals surface area contributed by atoms with E-state index in [4.69, 9.17) is 0 Å². The average Bonchev–Trinajstić information content (AvgIpc) is 2.26. The Morgan fingerprint density at radius 3 is 1.81 bits per heavy atom. The Labute approximate surface area is 99.0 Å². The Bertz CT molecular complexity index is 140. The van der Waals surface area contributed by atoms with E-state index in [0.717, 1.165) is 12.8 Å². The molecule has 0 fully saturated rings. The van der Waals surface area contributed by atoms with Crippen LogP contribution in [-0.2, 0) is 0 Å². The minimum absolute atomic E-state index is 0.600. The third kappa shape index (κ3) is 9.08. The highest BCUT2D eigenvalue weighted by Crippen LogP contribution is 2.13. The molecule has 0 saturated carbocycles. The molecule has 0 saturated heterocycles. The van der Waals surface area contributed by atoms with Crippen LogP contribution in [-0.4, -0.2) is 19.5 Å². The Balaban J connectivity index is 3.19. The van der Waals surface area contributed by atoms with Crippen molar-refractivity contribution in [1.29, 1.82) is 0 Å². The van der Waals surface area contributed by atoms with Crippen LogP contribution in [0.1, 0.15) is 64.7 Å². The maximum atomic E-state index is 12.4. The van der Waals surface area contributed by atoms with Crippen LogP contribution in [0.15, 0.2) is 0 Å². The van der Waals surface area contributed by atoms with Crippen molar-refractivity contribution in [3.05, 3.63) is 0 Å². The van der Waals surface area contributed by atoms with Crippen molar-refractivity contribution in [2.24, 2.45) is 0 Å². The van der Waals surface area contributed by atoms with Crippen molar-refractivity contribution >= 4 is 0 Å². The van der Waals surface area contributed by atoms with Crippen molar-refractivity contribution in [2.75, 3.05) is 7.05 Å². The highest BCUT2D eigenvalue weighted by molar-refractivity contribution is 4.66. The second-order valence-electron chi connectivity index (χ2n) is 4.49. The molecule has 0 radical (unpaired) electrons. The van der Waals surface area contributed by atoms with Gasteiger partial charge in [0.25, 0.3) is 6.43 Å². The zero-order valence-corrected chi connectivity index (χ0v) is 10.8. The molecule has 0 amide bonds. The highest BCUT2D eigenvalue weighted by Gasteiger charge is 2.16. The van der Waals surface area contributed by atoms with Gasteiger partial charge in [0.05, 0.1) is 6.04 Å². The Morgan fingerprint density at radius 1 is 0.875 bits per heavy atom. The molecule has 0 aliphatic heterocycles. The second-order valence-corrected chi connectivity index (χ2v) is 4.49. The fourth-order valence-electron chi connectivity index (χ4n) is 1.89. The molecule has 1 nitrogen and oxygen atoms in total. The van der Waals surface area contributed by atoms with Gasteiger partial charge in [-0.25, -0.2) is 8.78 Å². The quantitative estimate of drug-likeness (QED) is 0.524. The highest BCUT2D eigenvalue weighted by atomic mass is 19.3. The summed E-state index contributed by atoms with van der Waals surface area (Å²) in [5.74, 6) is 0. The summed E-state index contributed by atoms with van der Waals surface area (Å²) in [6.07, 6.45) is 8.08. The predicted octanol–water partition coefficient (Wildman–Crippen LogP) is 4.37. The number of nitrogens with one attached hydrogen (secondary N) is 1. The van der Waals surface area contributed by atoms with Crippen molar-refractivity contribution in [3.8, 4) is 0 Å². The lowest BCUT2D eigenvalue weighted by Crippen LogP contribution is -2.32. The van der Waals surface area contributed by atoms with E-state index in [-0.39, 0.29) is 0 Å². The van der Waals surface area contributed by atoms with Gasteiger partial charge in [0.15, 0.2) is 0 Å². The minimum Gasteiger partial charge on any atom is -0.312 e. The van der Waals surface area contributed by atoms with E-state index in [1.54, 1.807) is 7.05 Å². The molecule has 1 atom stereocenters. The van der Waals surface area contributed by atoms with Gasteiger partial charge in [0, 0.05) is 0 Å². The van der Waals surface area contributed by atoms with Crippen LogP contribution in [0.5, 0.6) is 0 Å². The van der Waals surface area contributed by atoms with Gasteiger partial charge < -0.3 is 5.32 Å². The molecule has 0 bridgehead atoms. The van der Waals surface area contributed by atoms with Gasteiger partial charge in [-0.2, -0.15) is 0 Å². The van der Waals surface area contributed by atoms with E-state index in [0.29, 0.717) is 6.42 Å². The summed E-state index contributed by atoms with van der Waals surface area (Å²) in [6.45, 7) is 2.21. The molecular weight excluding hydrogens is 208 g/mol. The largest absolute Gasteiger partial charge is 0.312 e. The Kier molecular flexibility index (Phi) is 11.2. The number of rotatable bonds is 11. The van der Waals surface area contributed by atoms with Gasteiger partial charge in [-0.1, -0.05) is 58.3 Å². The Hall–Kier alpha value is -0.180. The molecule has 0 rings (SSSR count). The van der Waals surface area contributed by atoms with Gasteiger partial charge in [-0.15, -0.1) is 0 Å². The molecule has 3 heteroatoms. The van der Waals surface area contributed by atoms with Crippen LogP contribution >= 0.6 is 0 Å². The molecule has 0 aromatic carbocycles. The standard InChI is InChI=1S/C13H27F2N/c1-3-4-5-6-7-8-9-10-11-12(16-2)13(14)15/h12-13,16H,3-11H2,1-2H3. The molecule has 0 aliphatic carbocycles. The monoisotopic (exact) mass is 235 g/mol. The van der Waals surface area contributed by atoms with Crippen LogP contribution in [0, 0.1) is 0 Å². The number of hydrogen-bond acceptors (Lipinski definition) is 1. The van der Waals surface area contributed by atoms with Crippen LogP contribution in [0.4, 0.5) is 8.78 Å². The van der Waals surface area contributed by atoms with E-state index in [2.05, 4.69) is 12.2 Å². The molecular formula is C13H27F2N. The number of hydrogen-bond donors (Lipinski definition) is 1. The van der Waals surface area contributed by atoms with Crippen molar-refractivity contribution in [2.45, 2.75) is 77.2 Å². The third-order valence-corrected chi connectivity index (χ3v) is 3.04. The fraction of sp³-hybridized carbons (Fsp3) is 1.00. The van der Waals surface area contributed by atoms with E-state index in [9.17, 15) is 8.78 Å². The fourth-order valence-corrected chi connectivity index (χ4v) is 1.89. The molecule has 0 aromatic heterocycles. The summed E-state index contributed by atoms with van der Waals surface area (Å²) >= 11 is 0. The molecule has 1 unspecified atom stereocenters. The van der Waals surface area contributed by atoms with Crippen LogP contribution in [0.25, 0.3) is 0 Å². The van der Waals surface area contributed by atoms with E-state index in [1.807, 2.05) is 0 Å². The number of halogens is 2. The SMILES string of the molecule is CCCCCCCCCCC(NC)C(F)F. The Morgan fingerprint density at radius 2 is 1.38 bits per heavy atom. The summed E-state index contributed by atoms with van der Waals surface area (Å²) in [5.41, 5.74) is 0. The molecule has 1 N–H and O–H groups in total. The normalized spacial score (nSPS) is 13.3. The third-order valence-electron chi connectivity index (χ3n) is 3.04. The van der Waals surface area contributed by atoms with Gasteiger partial charge in [-0.05, 0) is 13.5 Å². The first-order valence-electron chi connectivity index (χ1n) is 6.67. The zero-order chi connectivity index (χ0) is 12.2. The first-order chi connectivity index (χ1) is 7.72. The smallest absolute Gasteiger partial charge is 0.253 e. The maximum absolute atomic E-state index is 12.4. The van der Waals surface area contributed by atoms with Gasteiger partial charge in [0.2, 0.25) is 0 Å². The summed E-state index contributed by atoms with van der Waals surface area (Å²) in [6, 6.07) is -0.611. The first kappa shape index (κ1) is 15.8. The lowest BCUT2D eigenvalue weighted by molar-refractivity contribution is 0.0965. The maximum Gasteiger partial charge on any atom is 0.253 e. The molecule has 0 aromatic rings. The van der Waals surface area contributed by atoms with Crippen molar-refractivity contribution in [3.63, 3.8) is 0 Å². The first-order valence-corrected chi connectivity index (χ1v) is 6.67. The van der Waals surface area contributed by atoms with Gasteiger partial charge in [0.1, 0.15) is 0 Å². The number of unbranched alkanes of at least 4 members (excludes halogenated alkanes) is 7. The molecule has 16 heavy (non-hydrogen) atoms. The number of alkyl halides is 2. The van der Waals surface area contributed by atoms with Crippen molar-refractivity contribution in [1.82, 2.24) is 5.32 Å². The zero-order valence-electron chi connectivity index (χ0n) is 10.8. The van der Waals surface area contributed by atoms with Gasteiger partial charge in [-0.3, -0.25) is 0 Å². The van der Waals surface area contributed by atoms with Crippen LogP contribution in [0.2, 0.25) is 0 Å². The summed E-state index contributed by atoms with van der Waals surface area (Å²) in [5, 5.41) is 2.67. The predicted molar refractivity (Wildman–Crippen MR) is 66.1 cm³/mol. The van der Waals surface area contributed by atoms with Crippen LogP contribution in [0.3, 0.4) is 0 Å². The average molecular weight is 235 g/mol. The lowest BCUT2D eigenvalue weighted by atomic mass is 10.0. The summed E-state index contributed by atoms with van der Waals surface area (Å²) < 4.78 is 24.7. The summed E-state index contributed by atoms with van der Waals surface area (Å²) in [4.78, 5) is 0.